The Morgan fingerprint density at radius 3 is 2.81 bits per heavy atom. The second-order valence-electron chi connectivity index (χ2n) is 3.27. The van der Waals surface area contributed by atoms with Crippen molar-refractivity contribution in [1.82, 2.24) is 15.3 Å². The van der Waals surface area contributed by atoms with Crippen LogP contribution < -0.4 is 10.6 Å². The highest BCUT2D eigenvalue weighted by Gasteiger charge is 2.10. The lowest BCUT2D eigenvalue weighted by atomic mass is 10.3. The van der Waals surface area contributed by atoms with Gasteiger partial charge in [-0.1, -0.05) is 18.2 Å². The highest BCUT2D eigenvalue weighted by atomic mass is 15.2. The lowest BCUT2D eigenvalue weighted by molar-refractivity contribution is 1.12. The maximum Gasteiger partial charge on any atom is 0.229 e. The summed E-state index contributed by atoms with van der Waals surface area (Å²) in [6.45, 7) is 0. The van der Waals surface area contributed by atoms with E-state index < -0.39 is 0 Å². The van der Waals surface area contributed by atoms with Gasteiger partial charge in [0, 0.05) is 5.69 Å². The maximum absolute atomic E-state index is 4.23. The average Bonchev–Trinajstić information content (AvgIpc) is 2.77. The summed E-state index contributed by atoms with van der Waals surface area (Å²) < 4.78 is 0. The third kappa shape index (κ3) is 1.58. The molecule has 1 aliphatic rings. The monoisotopic (exact) mass is 210 g/mol. The van der Waals surface area contributed by atoms with Crippen LogP contribution in [0.3, 0.4) is 0 Å². The van der Waals surface area contributed by atoms with Gasteiger partial charge in [-0.2, -0.15) is 4.98 Å². The molecule has 5 nitrogen and oxygen atoms in total. The summed E-state index contributed by atoms with van der Waals surface area (Å²) in [6.07, 6.45) is 3.13. The van der Waals surface area contributed by atoms with Gasteiger partial charge in [0.25, 0.3) is 0 Å². The normalized spacial score (nSPS) is 12.0. The number of hydrogen-bond donors (Lipinski definition) is 1. The highest BCUT2D eigenvalue weighted by Crippen LogP contribution is 2.26. The van der Waals surface area contributed by atoms with Crippen LogP contribution in [0.25, 0.3) is 0 Å². The van der Waals surface area contributed by atoms with Crippen molar-refractivity contribution in [2.45, 2.75) is 0 Å². The quantitative estimate of drug-likeness (QED) is 0.825. The van der Waals surface area contributed by atoms with Crippen LogP contribution >= 0.6 is 0 Å². The summed E-state index contributed by atoms with van der Waals surface area (Å²) >= 11 is 0. The van der Waals surface area contributed by atoms with E-state index in [0.717, 1.165) is 5.69 Å². The number of hydrogen-bond acceptors (Lipinski definition) is 4. The molecule has 2 aromatic rings. The van der Waals surface area contributed by atoms with E-state index in [1.807, 2.05) is 30.3 Å². The molecule has 0 unspecified atom stereocenters. The Balaban J connectivity index is 1.87. The van der Waals surface area contributed by atoms with Crippen LogP contribution in [0, 0.1) is 0 Å². The van der Waals surface area contributed by atoms with Crippen LogP contribution in [-0.2, 0) is 0 Å². The first-order valence-corrected chi connectivity index (χ1v) is 4.84. The highest BCUT2D eigenvalue weighted by molar-refractivity contribution is 5.79. The number of aromatic nitrogens is 2. The first-order chi connectivity index (χ1) is 7.92. The predicted octanol–water partition coefficient (Wildman–Crippen LogP) is 2.13. The number of nitrogens with one attached hydrogen (secondary N) is 1. The smallest absolute Gasteiger partial charge is 0.229 e. The predicted molar refractivity (Wildman–Crippen MR) is 61.7 cm³/mol. The molecule has 0 bridgehead atoms. The zero-order valence-electron chi connectivity index (χ0n) is 8.33. The Labute approximate surface area is 92.3 Å². The molecule has 0 aliphatic carbocycles. The average molecular weight is 210 g/mol. The second kappa shape index (κ2) is 3.62. The largest absolute Gasteiger partial charge is 0.324 e. The number of para-hydroxylation sites is 1. The Morgan fingerprint density at radius 2 is 1.94 bits per heavy atom. The van der Waals surface area contributed by atoms with E-state index in [0.29, 0.717) is 17.5 Å². The lowest BCUT2D eigenvalue weighted by Gasteiger charge is -2.04. The summed E-state index contributed by atoms with van der Waals surface area (Å²) in [5, 5.41) is 7.11. The molecule has 0 amide bonds. The standard InChI is InChI=1S/C11H8N5/c1-2-4-8(5-3-1)15-11-12-6-9-10(16-11)14-7-13-9/h1-7H,(H,12,15,16). The van der Waals surface area contributed by atoms with Crippen LogP contribution in [0.1, 0.15) is 0 Å². The van der Waals surface area contributed by atoms with E-state index in [1.54, 1.807) is 6.20 Å². The van der Waals surface area contributed by atoms with Gasteiger partial charge in [-0.3, -0.25) is 0 Å². The Kier molecular flexibility index (Phi) is 2.00. The maximum atomic E-state index is 4.23. The SMILES string of the molecule is C1=Nc2cnc(Nc3ccccc3)nc2[N]1. The third-order valence-corrected chi connectivity index (χ3v) is 2.16. The summed E-state index contributed by atoms with van der Waals surface area (Å²) in [4.78, 5) is 12.4. The molecule has 1 aromatic carbocycles. The molecule has 1 aliphatic heterocycles. The zero-order chi connectivity index (χ0) is 10.8. The van der Waals surface area contributed by atoms with Gasteiger partial charge in [-0.05, 0) is 12.1 Å². The van der Waals surface area contributed by atoms with Crippen LogP contribution in [0.15, 0.2) is 41.5 Å². The van der Waals surface area contributed by atoms with E-state index >= 15 is 0 Å². The molecule has 0 spiro atoms. The van der Waals surface area contributed by atoms with E-state index in [1.165, 1.54) is 6.34 Å². The van der Waals surface area contributed by atoms with Crippen molar-refractivity contribution >= 4 is 29.5 Å². The number of aliphatic imine (C=N–C) groups is 1. The first-order valence-electron chi connectivity index (χ1n) is 4.84. The van der Waals surface area contributed by atoms with Crippen LogP contribution in [0.4, 0.5) is 23.1 Å². The molecule has 77 valence electrons. The van der Waals surface area contributed by atoms with Crippen molar-refractivity contribution in [3.63, 3.8) is 0 Å². The van der Waals surface area contributed by atoms with E-state index in [9.17, 15) is 0 Å². The molecule has 1 N–H and O–H groups in total. The van der Waals surface area contributed by atoms with Gasteiger partial charge >= 0.3 is 0 Å². The topological polar surface area (TPSA) is 64.3 Å². The Hall–Kier alpha value is -2.43. The van der Waals surface area contributed by atoms with Crippen LogP contribution in [0.2, 0.25) is 0 Å². The molecule has 0 saturated heterocycles. The third-order valence-electron chi connectivity index (χ3n) is 2.16. The van der Waals surface area contributed by atoms with Gasteiger partial charge in [0.05, 0.1) is 6.20 Å². The Morgan fingerprint density at radius 1 is 1.06 bits per heavy atom. The summed E-state index contributed by atoms with van der Waals surface area (Å²) in [7, 11) is 0. The Bertz CT molecular complexity index is 535. The molecule has 5 heteroatoms. The number of rotatable bonds is 2. The van der Waals surface area contributed by atoms with Gasteiger partial charge in [0.2, 0.25) is 5.95 Å². The van der Waals surface area contributed by atoms with Crippen molar-refractivity contribution in [3.05, 3.63) is 36.5 Å². The van der Waals surface area contributed by atoms with Crippen LogP contribution in [0.5, 0.6) is 0 Å². The molecule has 16 heavy (non-hydrogen) atoms. The first kappa shape index (κ1) is 8.84. The van der Waals surface area contributed by atoms with Gasteiger partial charge in [-0.15, -0.1) is 0 Å². The molecule has 0 saturated carbocycles. The number of fused-ring (bicyclic) bond motifs is 1. The number of benzene rings is 1. The molecule has 0 atom stereocenters. The van der Waals surface area contributed by atoms with Crippen molar-refractivity contribution in [3.8, 4) is 0 Å². The molecule has 1 radical (unpaired) electrons. The van der Waals surface area contributed by atoms with E-state index in [-0.39, 0.29) is 0 Å². The fourth-order valence-electron chi connectivity index (χ4n) is 1.41. The lowest BCUT2D eigenvalue weighted by Crippen LogP contribution is -1.98. The van der Waals surface area contributed by atoms with Crippen molar-refractivity contribution in [2.75, 3.05) is 5.32 Å². The molecule has 2 heterocycles. The fourth-order valence-corrected chi connectivity index (χ4v) is 1.41. The van der Waals surface area contributed by atoms with Crippen molar-refractivity contribution in [2.24, 2.45) is 4.99 Å². The van der Waals surface area contributed by atoms with E-state index in [2.05, 4.69) is 25.6 Å². The fraction of sp³-hybridized carbons (Fsp3) is 0. The minimum absolute atomic E-state index is 0.527. The number of anilines is 2. The molecule has 0 fully saturated rings. The van der Waals surface area contributed by atoms with E-state index in [4.69, 9.17) is 0 Å². The van der Waals surface area contributed by atoms with Gasteiger partial charge < -0.3 is 5.32 Å². The van der Waals surface area contributed by atoms with Crippen molar-refractivity contribution in [1.29, 1.82) is 0 Å². The zero-order valence-corrected chi connectivity index (χ0v) is 8.33. The minimum Gasteiger partial charge on any atom is -0.324 e. The summed E-state index contributed by atoms with van der Waals surface area (Å²) in [5.74, 6) is 1.13. The van der Waals surface area contributed by atoms with Gasteiger partial charge in [-0.25, -0.2) is 15.3 Å². The van der Waals surface area contributed by atoms with Crippen LogP contribution in [-0.4, -0.2) is 16.3 Å². The molecule has 1 aromatic heterocycles. The summed E-state index contributed by atoms with van der Waals surface area (Å²) in [5.41, 5.74) is 1.65. The molecular weight excluding hydrogens is 202 g/mol. The summed E-state index contributed by atoms with van der Waals surface area (Å²) in [6, 6.07) is 9.75. The molecular formula is C11H8N5. The second-order valence-corrected chi connectivity index (χ2v) is 3.27. The minimum atomic E-state index is 0.527. The number of nitrogens with zero attached hydrogens (tertiary/aromatic N) is 4. The molecule has 3 rings (SSSR count). The van der Waals surface area contributed by atoms with Gasteiger partial charge in [0.15, 0.2) is 5.82 Å². The van der Waals surface area contributed by atoms with Gasteiger partial charge in [0.1, 0.15) is 12.0 Å². The van der Waals surface area contributed by atoms with Crippen molar-refractivity contribution < 1.29 is 0 Å².